The highest BCUT2D eigenvalue weighted by Gasteiger charge is 2.21. The van der Waals surface area contributed by atoms with Crippen LogP contribution in [0.5, 0.6) is 0 Å². The summed E-state index contributed by atoms with van der Waals surface area (Å²) in [6.45, 7) is 3.65. The first-order valence-electron chi connectivity index (χ1n) is 8.32. The fourth-order valence-corrected chi connectivity index (χ4v) is 3.76. The van der Waals surface area contributed by atoms with E-state index >= 15 is 0 Å². The molecule has 4 heterocycles. The van der Waals surface area contributed by atoms with Gasteiger partial charge in [-0.2, -0.15) is 0 Å². The van der Waals surface area contributed by atoms with Gasteiger partial charge in [0.2, 0.25) is 11.1 Å². The van der Waals surface area contributed by atoms with E-state index in [-0.39, 0.29) is 5.91 Å². The molecule has 0 spiro atoms. The van der Waals surface area contributed by atoms with Gasteiger partial charge in [-0.25, -0.2) is 9.97 Å². The van der Waals surface area contributed by atoms with Crippen molar-refractivity contribution in [3.8, 4) is 22.9 Å². The Balaban J connectivity index is 1.56. The molecule has 1 N–H and O–H groups in total. The SMILES string of the molecule is Cc1csc(NC(=O)C(C)Sc2nnc(-c3ccco3)c(-c3ccco3)n2)n1. The normalized spacial score (nSPS) is 12.1. The fourth-order valence-electron chi connectivity index (χ4n) is 2.36. The highest BCUT2D eigenvalue weighted by Crippen LogP contribution is 2.31. The third-order valence-corrected chi connectivity index (χ3v) is 5.50. The van der Waals surface area contributed by atoms with Crippen molar-refractivity contribution in [2.24, 2.45) is 0 Å². The van der Waals surface area contributed by atoms with Crippen LogP contribution in [-0.4, -0.2) is 31.3 Å². The topological polar surface area (TPSA) is 107 Å². The number of nitrogens with one attached hydrogen (secondary N) is 1. The number of hydrogen-bond acceptors (Lipinski definition) is 9. The Bertz CT molecular complexity index is 1080. The molecule has 4 aromatic rings. The molecule has 142 valence electrons. The predicted octanol–water partition coefficient (Wildman–Crippen LogP) is 4.28. The van der Waals surface area contributed by atoms with E-state index in [1.807, 2.05) is 12.3 Å². The number of carbonyl (C=O) groups excluding carboxylic acids is 1. The van der Waals surface area contributed by atoms with E-state index < -0.39 is 5.25 Å². The van der Waals surface area contributed by atoms with Crippen LogP contribution < -0.4 is 5.32 Å². The minimum absolute atomic E-state index is 0.183. The van der Waals surface area contributed by atoms with Gasteiger partial charge >= 0.3 is 0 Å². The van der Waals surface area contributed by atoms with Gasteiger partial charge in [-0.05, 0) is 38.1 Å². The van der Waals surface area contributed by atoms with Crippen molar-refractivity contribution in [2.75, 3.05) is 5.32 Å². The predicted molar refractivity (Wildman–Crippen MR) is 106 cm³/mol. The zero-order chi connectivity index (χ0) is 19.5. The lowest BCUT2D eigenvalue weighted by Crippen LogP contribution is -2.22. The molecule has 1 amide bonds. The van der Waals surface area contributed by atoms with Gasteiger partial charge in [0.25, 0.3) is 0 Å². The number of aromatic nitrogens is 4. The molecule has 1 unspecified atom stereocenters. The van der Waals surface area contributed by atoms with Crippen LogP contribution in [0.2, 0.25) is 0 Å². The number of rotatable bonds is 6. The lowest BCUT2D eigenvalue weighted by Gasteiger charge is -2.10. The maximum atomic E-state index is 12.4. The van der Waals surface area contributed by atoms with Gasteiger partial charge in [-0.1, -0.05) is 11.8 Å². The zero-order valence-corrected chi connectivity index (χ0v) is 16.6. The maximum Gasteiger partial charge on any atom is 0.239 e. The average Bonchev–Trinajstić information content (AvgIpc) is 3.45. The molecule has 0 bridgehead atoms. The summed E-state index contributed by atoms with van der Waals surface area (Å²) in [6, 6.07) is 7.09. The standard InChI is InChI=1S/C18H15N5O3S2/c1-10-9-27-17(19-10)21-16(24)11(2)28-18-20-14(12-5-3-7-25-12)15(22-23-18)13-6-4-8-26-13/h3-9,11H,1-2H3,(H,19,21,24). The molecule has 0 aromatic carbocycles. The van der Waals surface area contributed by atoms with Crippen molar-refractivity contribution in [1.82, 2.24) is 20.2 Å². The number of thiazole rings is 1. The van der Waals surface area contributed by atoms with E-state index in [0.717, 1.165) is 5.69 Å². The van der Waals surface area contributed by atoms with Crippen molar-refractivity contribution in [1.29, 1.82) is 0 Å². The number of hydrogen-bond donors (Lipinski definition) is 1. The quantitative estimate of drug-likeness (QED) is 0.467. The number of carbonyl (C=O) groups is 1. The molecule has 8 nitrogen and oxygen atoms in total. The molecule has 10 heteroatoms. The minimum atomic E-state index is -0.440. The molecule has 0 aliphatic rings. The van der Waals surface area contributed by atoms with Crippen molar-refractivity contribution in [3.05, 3.63) is 47.9 Å². The fraction of sp³-hybridized carbons (Fsp3) is 0.167. The van der Waals surface area contributed by atoms with Crippen LogP contribution in [0.1, 0.15) is 12.6 Å². The van der Waals surface area contributed by atoms with Crippen LogP contribution in [0.25, 0.3) is 22.9 Å². The highest BCUT2D eigenvalue weighted by atomic mass is 32.2. The van der Waals surface area contributed by atoms with Crippen LogP contribution in [0.3, 0.4) is 0 Å². The zero-order valence-electron chi connectivity index (χ0n) is 14.9. The van der Waals surface area contributed by atoms with Crippen LogP contribution >= 0.6 is 23.1 Å². The Morgan fingerprint density at radius 2 is 1.82 bits per heavy atom. The summed E-state index contributed by atoms with van der Waals surface area (Å²) in [5.74, 6) is 0.893. The summed E-state index contributed by atoms with van der Waals surface area (Å²) in [5.41, 5.74) is 1.84. The summed E-state index contributed by atoms with van der Waals surface area (Å²) in [7, 11) is 0. The Morgan fingerprint density at radius 1 is 1.11 bits per heavy atom. The van der Waals surface area contributed by atoms with E-state index in [4.69, 9.17) is 8.83 Å². The number of aryl methyl sites for hydroxylation is 1. The second-order valence-electron chi connectivity index (χ2n) is 5.79. The van der Waals surface area contributed by atoms with Gasteiger partial charge in [0.1, 0.15) is 5.69 Å². The molecule has 0 aliphatic carbocycles. The van der Waals surface area contributed by atoms with Gasteiger partial charge in [0, 0.05) is 5.38 Å². The van der Waals surface area contributed by atoms with E-state index in [1.165, 1.54) is 23.1 Å². The Kier molecular flexibility index (Phi) is 5.22. The van der Waals surface area contributed by atoms with E-state index in [9.17, 15) is 4.79 Å². The molecule has 0 radical (unpaired) electrons. The second kappa shape index (κ2) is 7.95. The molecule has 0 aliphatic heterocycles. The van der Waals surface area contributed by atoms with Crippen LogP contribution in [-0.2, 0) is 4.79 Å². The molecular weight excluding hydrogens is 398 g/mol. The largest absolute Gasteiger partial charge is 0.463 e. The van der Waals surface area contributed by atoms with Crippen LogP contribution in [0.4, 0.5) is 5.13 Å². The first-order valence-corrected chi connectivity index (χ1v) is 10.1. The molecule has 4 aromatic heterocycles. The first-order chi connectivity index (χ1) is 13.6. The lowest BCUT2D eigenvalue weighted by molar-refractivity contribution is -0.115. The number of thioether (sulfide) groups is 1. The summed E-state index contributed by atoms with van der Waals surface area (Å²) >= 11 is 2.59. The summed E-state index contributed by atoms with van der Waals surface area (Å²) in [6.07, 6.45) is 3.11. The minimum Gasteiger partial charge on any atom is -0.463 e. The lowest BCUT2D eigenvalue weighted by atomic mass is 10.2. The molecule has 0 saturated carbocycles. The molecule has 1 atom stereocenters. The van der Waals surface area contributed by atoms with Crippen LogP contribution in [0, 0.1) is 6.92 Å². The smallest absolute Gasteiger partial charge is 0.239 e. The summed E-state index contributed by atoms with van der Waals surface area (Å²) in [5, 5.41) is 13.6. The third-order valence-electron chi connectivity index (χ3n) is 3.68. The summed E-state index contributed by atoms with van der Waals surface area (Å²) in [4.78, 5) is 21.2. The Hall–Kier alpha value is -2.98. The number of nitrogens with zero attached hydrogens (tertiary/aromatic N) is 4. The molecule has 4 rings (SSSR count). The highest BCUT2D eigenvalue weighted by molar-refractivity contribution is 8.00. The van der Waals surface area contributed by atoms with Crippen molar-refractivity contribution < 1.29 is 13.6 Å². The number of amides is 1. The van der Waals surface area contributed by atoms with E-state index in [1.54, 1.807) is 43.7 Å². The molecule has 0 fully saturated rings. The van der Waals surface area contributed by atoms with E-state index in [2.05, 4.69) is 25.5 Å². The molecule has 28 heavy (non-hydrogen) atoms. The third kappa shape index (κ3) is 3.97. The Morgan fingerprint density at radius 3 is 2.43 bits per heavy atom. The van der Waals surface area contributed by atoms with Gasteiger partial charge in [-0.15, -0.1) is 21.5 Å². The number of furan rings is 2. The van der Waals surface area contributed by atoms with Gasteiger partial charge < -0.3 is 14.2 Å². The van der Waals surface area contributed by atoms with Gasteiger partial charge in [0.15, 0.2) is 22.3 Å². The molecule has 0 saturated heterocycles. The second-order valence-corrected chi connectivity index (χ2v) is 7.96. The molecular formula is C18H15N5O3S2. The average molecular weight is 413 g/mol. The van der Waals surface area contributed by atoms with Crippen molar-refractivity contribution >= 4 is 34.1 Å². The Labute approximate surface area is 168 Å². The van der Waals surface area contributed by atoms with Gasteiger partial charge in [-0.3, -0.25) is 4.79 Å². The van der Waals surface area contributed by atoms with E-state index in [0.29, 0.717) is 33.2 Å². The van der Waals surface area contributed by atoms with Crippen molar-refractivity contribution in [3.63, 3.8) is 0 Å². The van der Waals surface area contributed by atoms with Gasteiger partial charge in [0.05, 0.1) is 23.5 Å². The maximum absolute atomic E-state index is 12.4. The first kappa shape index (κ1) is 18.4. The summed E-state index contributed by atoms with van der Waals surface area (Å²) < 4.78 is 10.9. The van der Waals surface area contributed by atoms with Crippen LogP contribution in [0.15, 0.2) is 56.2 Å². The monoisotopic (exact) mass is 413 g/mol. The number of anilines is 1. The van der Waals surface area contributed by atoms with Crippen molar-refractivity contribution in [2.45, 2.75) is 24.3 Å².